The van der Waals surface area contributed by atoms with E-state index in [0.717, 1.165) is 5.69 Å². The van der Waals surface area contributed by atoms with E-state index in [4.69, 9.17) is 28.9 Å². The van der Waals surface area contributed by atoms with Crippen LogP contribution in [-0.2, 0) is 11.3 Å². The average molecular weight is 327 g/mol. The van der Waals surface area contributed by atoms with E-state index < -0.39 is 0 Å². The minimum Gasteiger partial charge on any atom is -0.397 e. The normalized spacial score (nSPS) is 10.6. The van der Waals surface area contributed by atoms with Crippen LogP contribution in [0.25, 0.3) is 0 Å². The van der Waals surface area contributed by atoms with E-state index in [0.29, 0.717) is 40.8 Å². The number of aryl methyl sites for hydroxylation is 1. The predicted octanol–water partition coefficient (Wildman–Crippen LogP) is 3.50. The summed E-state index contributed by atoms with van der Waals surface area (Å²) in [6, 6.07) is 5.01. The van der Waals surface area contributed by atoms with Gasteiger partial charge in [0, 0.05) is 18.7 Å². The van der Waals surface area contributed by atoms with Crippen molar-refractivity contribution in [1.29, 1.82) is 0 Å². The summed E-state index contributed by atoms with van der Waals surface area (Å²) in [7, 11) is 0. The second-order valence-corrected chi connectivity index (χ2v) is 5.50. The van der Waals surface area contributed by atoms with Crippen LogP contribution >= 0.6 is 23.2 Å². The molecule has 2 aromatic rings. The molecule has 0 bridgehead atoms. The lowest BCUT2D eigenvalue weighted by Crippen LogP contribution is -2.13. The summed E-state index contributed by atoms with van der Waals surface area (Å²) in [5.74, 6) is -0.0763. The second kappa shape index (κ2) is 6.83. The molecule has 1 aromatic carbocycles. The molecule has 0 saturated heterocycles. The molecule has 0 fully saturated rings. The first-order valence-electron chi connectivity index (χ1n) is 6.50. The number of halogens is 2. The summed E-state index contributed by atoms with van der Waals surface area (Å²) in [6.45, 7) is 2.54. The number of carbonyl (C=O) groups is 1. The van der Waals surface area contributed by atoms with Crippen LogP contribution in [0, 0.1) is 6.92 Å². The van der Waals surface area contributed by atoms with Crippen molar-refractivity contribution in [3.8, 4) is 0 Å². The van der Waals surface area contributed by atoms with Crippen LogP contribution in [0.3, 0.4) is 0 Å². The summed E-state index contributed by atoms with van der Waals surface area (Å²) in [5.41, 5.74) is 7.67. The monoisotopic (exact) mass is 326 g/mol. The van der Waals surface area contributed by atoms with Crippen molar-refractivity contribution in [2.45, 2.75) is 26.3 Å². The minimum atomic E-state index is -0.0763. The first-order valence-corrected chi connectivity index (χ1v) is 7.25. The van der Waals surface area contributed by atoms with Crippen molar-refractivity contribution in [3.05, 3.63) is 40.1 Å². The average Bonchev–Trinajstić information content (AvgIpc) is 2.75. The zero-order valence-corrected chi connectivity index (χ0v) is 13.1. The zero-order chi connectivity index (χ0) is 15.4. The number of benzene rings is 1. The number of aromatic nitrogens is 2. The van der Waals surface area contributed by atoms with E-state index in [1.165, 1.54) is 0 Å². The van der Waals surface area contributed by atoms with Gasteiger partial charge in [0.05, 0.1) is 27.6 Å². The molecule has 112 valence electrons. The predicted molar refractivity (Wildman–Crippen MR) is 85.7 cm³/mol. The van der Waals surface area contributed by atoms with Crippen molar-refractivity contribution in [1.82, 2.24) is 9.78 Å². The van der Waals surface area contributed by atoms with Gasteiger partial charge in [-0.05, 0) is 31.5 Å². The highest BCUT2D eigenvalue weighted by atomic mass is 35.5. The molecule has 0 aliphatic carbocycles. The number of nitrogens with two attached hydrogens (primary N) is 1. The van der Waals surface area contributed by atoms with Crippen LogP contribution in [0.5, 0.6) is 0 Å². The third-order valence-corrected chi connectivity index (χ3v) is 3.81. The molecule has 5 nitrogen and oxygen atoms in total. The first kappa shape index (κ1) is 15.7. The van der Waals surface area contributed by atoms with E-state index in [1.54, 1.807) is 29.1 Å². The van der Waals surface area contributed by atoms with Gasteiger partial charge < -0.3 is 11.1 Å². The molecule has 2 rings (SSSR count). The van der Waals surface area contributed by atoms with Gasteiger partial charge in [-0.15, -0.1) is 0 Å². The lowest BCUT2D eigenvalue weighted by molar-refractivity contribution is -0.116. The molecular weight excluding hydrogens is 311 g/mol. The molecule has 3 N–H and O–H groups in total. The fraction of sp³-hybridized carbons (Fsp3) is 0.286. The first-order chi connectivity index (χ1) is 9.97. The van der Waals surface area contributed by atoms with Crippen LogP contribution in [0.1, 0.15) is 18.5 Å². The lowest BCUT2D eigenvalue weighted by atomic mass is 10.2. The number of hydrogen-bond acceptors (Lipinski definition) is 3. The second-order valence-electron chi connectivity index (χ2n) is 4.69. The van der Waals surface area contributed by atoms with Crippen molar-refractivity contribution >= 4 is 40.5 Å². The van der Waals surface area contributed by atoms with Gasteiger partial charge in [0.15, 0.2) is 0 Å². The topological polar surface area (TPSA) is 72.9 Å². The van der Waals surface area contributed by atoms with Gasteiger partial charge in [0.25, 0.3) is 0 Å². The number of amides is 1. The molecule has 1 aromatic heterocycles. The van der Waals surface area contributed by atoms with Gasteiger partial charge >= 0.3 is 0 Å². The largest absolute Gasteiger partial charge is 0.397 e. The Morgan fingerprint density at radius 2 is 2.14 bits per heavy atom. The van der Waals surface area contributed by atoms with Crippen molar-refractivity contribution in [2.75, 3.05) is 11.1 Å². The summed E-state index contributed by atoms with van der Waals surface area (Å²) in [6.07, 6.45) is 2.67. The van der Waals surface area contributed by atoms with Gasteiger partial charge in [-0.1, -0.05) is 23.2 Å². The number of hydrogen-bond donors (Lipinski definition) is 2. The highest BCUT2D eigenvalue weighted by molar-refractivity contribution is 6.33. The maximum Gasteiger partial charge on any atom is 0.224 e. The molecular formula is C14H16Cl2N4O. The molecule has 0 radical (unpaired) electrons. The summed E-state index contributed by atoms with van der Waals surface area (Å²) in [4.78, 5) is 11.8. The molecule has 0 unspecified atom stereocenters. The third kappa shape index (κ3) is 4.12. The quantitative estimate of drug-likeness (QED) is 0.826. The highest BCUT2D eigenvalue weighted by Gasteiger charge is 2.07. The number of carbonyl (C=O) groups excluding carboxylic acids is 1. The Morgan fingerprint density at radius 1 is 1.38 bits per heavy atom. The Balaban J connectivity index is 1.82. The maximum absolute atomic E-state index is 11.8. The van der Waals surface area contributed by atoms with E-state index >= 15 is 0 Å². The van der Waals surface area contributed by atoms with Gasteiger partial charge in [0.1, 0.15) is 0 Å². The Kier molecular flexibility index (Phi) is 5.09. The van der Waals surface area contributed by atoms with Crippen molar-refractivity contribution in [2.24, 2.45) is 0 Å². The summed E-state index contributed by atoms with van der Waals surface area (Å²) < 4.78 is 1.79. The number of rotatable bonds is 5. The van der Waals surface area contributed by atoms with Crippen molar-refractivity contribution < 1.29 is 4.79 Å². The van der Waals surface area contributed by atoms with Crippen LogP contribution in [-0.4, -0.2) is 15.7 Å². The van der Waals surface area contributed by atoms with Gasteiger partial charge in [0.2, 0.25) is 5.91 Å². The standard InChI is InChI=1S/C14H16Cl2N4O/c1-9-12(16)8-18-20(9)6-2-3-14(21)19-10-4-5-11(15)13(17)7-10/h4-5,7-8H,2-3,6,17H2,1H3,(H,19,21). The molecule has 0 aliphatic rings. The van der Waals surface area contributed by atoms with Crippen LogP contribution in [0.4, 0.5) is 11.4 Å². The number of nitrogens with one attached hydrogen (secondary N) is 1. The molecule has 0 spiro atoms. The number of nitrogens with zero attached hydrogens (tertiary/aromatic N) is 2. The van der Waals surface area contributed by atoms with E-state index in [1.807, 2.05) is 6.92 Å². The van der Waals surface area contributed by atoms with E-state index in [9.17, 15) is 4.79 Å². The fourth-order valence-corrected chi connectivity index (χ4v) is 2.14. The maximum atomic E-state index is 11.8. The van der Waals surface area contributed by atoms with Crippen molar-refractivity contribution in [3.63, 3.8) is 0 Å². The van der Waals surface area contributed by atoms with Crippen LogP contribution in [0.15, 0.2) is 24.4 Å². The Bertz CT molecular complexity index is 654. The number of nitrogen functional groups attached to an aromatic ring is 1. The molecule has 7 heteroatoms. The van der Waals surface area contributed by atoms with Crippen LogP contribution in [0.2, 0.25) is 10.0 Å². The van der Waals surface area contributed by atoms with Gasteiger partial charge in [-0.25, -0.2) is 0 Å². The van der Waals surface area contributed by atoms with Crippen LogP contribution < -0.4 is 11.1 Å². The molecule has 1 heterocycles. The Hall–Kier alpha value is -1.72. The number of anilines is 2. The summed E-state index contributed by atoms with van der Waals surface area (Å²) >= 11 is 11.7. The third-order valence-electron chi connectivity index (χ3n) is 3.10. The molecule has 0 saturated carbocycles. The lowest BCUT2D eigenvalue weighted by Gasteiger charge is -2.07. The SMILES string of the molecule is Cc1c(Cl)cnn1CCCC(=O)Nc1ccc(Cl)c(N)c1. The van der Waals surface area contributed by atoms with Gasteiger partial charge in [-0.3, -0.25) is 9.48 Å². The fourth-order valence-electron chi connectivity index (χ4n) is 1.88. The Labute approximate surface area is 133 Å². The zero-order valence-electron chi connectivity index (χ0n) is 11.6. The molecule has 21 heavy (non-hydrogen) atoms. The van der Waals surface area contributed by atoms with Gasteiger partial charge in [-0.2, -0.15) is 5.10 Å². The van der Waals surface area contributed by atoms with E-state index in [-0.39, 0.29) is 5.91 Å². The molecule has 0 aliphatic heterocycles. The molecule has 0 atom stereocenters. The van der Waals surface area contributed by atoms with E-state index in [2.05, 4.69) is 10.4 Å². The smallest absolute Gasteiger partial charge is 0.224 e. The minimum absolute atomic E-state index is 0.0763. The summed E-state index contributed by atoms with van der Waals surface area (Å²) in [5, 5.41) is 8.03. The Morgan fingerprint density at radius 3 is 2.76 bits per heavy atom. The molecule has 1 amide bonds. The highest BCUT2D eigenvalue weighted by Crippen LogP contribution is 2.22.